The molecule has 1 rings (SSSR count). The first kappa shape index (κ1) is 12.5. The van der Waals surface area contributed by atoms with Crippen LogP contribution in [0.3, 0.4) is 0 Å². The number of benzene rings is 1. The molecule has 0 bridgehead atoms. The molecule has 0 saturated carbocycles. The summed E-state index contributed by atoms with van der Waals surface area (Å²) in [5, 5.41) is 0. The predicted octanol–water partition coefficient (Wildman–Crippen LogP) is 3.19. The molecule has 0 aliphatic rings. The summed E-state index contributed by atoms with van der Waals surface area (Å²) in [5.74, 6) is 0.0613. The summed E-state index contributed by atoms with van der Waals surface area (Å²) >= 11 is 3.25. The van der Waals surface area contributed by atoms with Gasteiger partial charge in [-0.25, -0.2) is 8.42 Å². The van der Waals surface area contributed by atoms with Gasteiger partial charge in [0.1, 0.15) is 0 Å². The Kier molecular flexibility index (Phi) is 4.11. The van der Waals surface area contributed by atoms with Crippen molar-refractivity contribution in [1.29, 1.82) is 0 Å². The van der Waals surface area contributed by atoms with E-state index in [-0.39, 0.29) is 5.75 Å². The van der Waals surface area contributed by atoms with Gasteiger partial charge in [0, 0.05) is 4.47 Å². The molecular weight excluding hydrogens is 276 g/mol. The van der Waals surface area contributed by atoms with Crippen molar-refractivity contribution in [3.05, 3.63) is 40.4 Å². The van der Waals surface area contributed by atoms with E-state index in [0.717, 1.165) is 10.0 Å². The molecule has 0 radical (unpaired) electrons. The lowest BCUT2D eigenvalue weighted by Crippen LogP contribution is -2.04. The standard InChI is InChI=1S/C11H13BrO2S/c1-9(2)6-7-15(13,14)11-5-3-4-10(12)8-11/h3-6,8H,7H2,1-2H3. The zero-order valence-electron chi connectivity index (χ0n) is 8.70. The Hall–Kier alpha value is -0.610. The van der Waals surface area contributed by atoms with E-state index in [4.69, 9.17) is 0 Å². The summed E-state index contributed by atoms with van der Waals surface area (Å²) in [5.41, 5.74) is 1.01. The highest BCUT2D eigenvalue weighted by atomic mass is 79.9. The van der Waals surface area contributed by atoms with Crippen LogP contribution < -0.4 is 0 Å². The van der Waals surface area contributed by atoms with E-state index in [9.17, 15) is 8.42 Å². The van der Waals surface area contributed by atoms with E-state index in [0.29, 0.717) is 4.90 Å². The fourth-order valence-corrected chi connectivity index (χ4v) is 2.92. The third kappa shape index (κ3) is 3.80. The lowest BCUT2D eigenvalue weighted by atomic mass is 10.3. The van der Waals surface area contributed by atoms with E-state index in [1.165, 1.54) is 0 Å². The minimum absolute atomic E-state index is 0.0613. The summed E-state index contributed by atoms with van der Waals surface area (Å²) in [4.78, 5) is 0.356. The van der Waals surface area contributed by atoms with Crippen LogP contribution in [-0.4, -0.2) is 14.2 Å². The second-order valence-electron chi connectivity index (χ2n) is 3.52. The lowest BCUT2D eigenvalue weighted by Gasteiger charge is -2.02. The van der Waals surface area contributed by atoms with Crippen LogP contribution in [0.2, 0.25) is 0 Å². The van der Waals surface area contributed by atoms with Gasteiger partial charge in [-0.3, -0.25) is 0 Å². The highest BCUT2D eigenvalue weighted by Crippen LogP contribution is 2.17. The summed E-state index contributed by atoms with van der Waals surface area (Å²) < 4.78 is 24.4. The van der Waals surface area contributed by atoms with Gasteiger partial charge in [-0.05, 0) is 32.0 Å². The summed E-state index contributed by atoms with van der Waals surface area (Å²) in [7, 11) is -3.18. The molecule has 0 fully saturated rings. The Labute approximate surface area is 99.1 Å². The van der Waals surface area contributed by atoms with Crippen molar-refractivity contribution >= 4 is 25.8 Å². The Balaban J connectivity index is 3.02. The summed E-state index contributed by atoms with van der Waals surface area (Å²) in [6.45, 7) is 3.77. The van der Waals surface area contributed by atoms with Crippen molar-refractivity contribution < 1.29 is 8.42 Å². The molecule has 0 saturated heterocycles. The molecule has 0 heterocycles. The third-order valence-corrected chi connectivity index (χ3v) is 3.94. The second-order valence-corrected chi connectivity index (χ2v) is 6.47. The van der Waals surface area contributed by atoms with Gasteiger partial charge in [-0.2, -0.15) is 0 Å². The number of halogens is 1. The maximum absolute atomic E-state index is 11.8. The first-order chi connectivity index (χ1) is 6.92. The molecule has 0 aromatic heterocycles. The molecule has 0 spiro atoms. The third-order valence-electron chi connectivity index (χ3n) is 1.87. The van der Waals surface area contributed by atoms with Crippen molar-refractivity contribution in [2.45, 2.75) is 18.7 Å². The Morgan fingerprint density at radius 2 is 2.07 bits per heavy atom. The van der Waals surface area contributed by atoms with Gasteiger partial charge in [0.25, 0.3) is 0 Å². The van der Waals surface area contributed by atoms with Crippen LogP contribution in [0.15, 0.2) is 45.3 Å². The van der Waals surface area contributed by atoms with Crippen LogP contribution in [0.4, 0.5) is 0 Å². The SMILES string of the molecule is CC(C)=CCS(=O)(=O)c1cccc(Br)c1. The summed E-state index contributed by atoms with van der Waals surface area (Å²) in [6, 6.07) is 6.76. The average Bonchev–Trinajstić information content (AvgIpc) is 2.15. The van der Waals surface area contributed by atoms with Crippen LogP contribution in [0.5, 0.6) is 0 Å². The van der Waals surface area contributed by atoms with Gasteiger partial charge in [0.15, 0.2) is 9.84 Å². The van der Waals surface area contributed by atoms with E-state index < -0.39 is 9.84 Å². The maximum Gasteiger partial charge on any atom is 0.181 e. The van der Waals surface area contributed by atoms with Crippen LogP contribution >= 0.6 is 15.9 Å². The first-order valence-electron chi connectivity index (χ1n) is 4.53. The van der Waals surface area contributed by atoms with Gasteiger partial charge in [0.2, 0.25) is 0 Å². The molecule has 0 N–H and O–H groups in total. The first-order valence-corrected chi connectivity index (χ1v) is 6.98. The number of rotatable bonds is 3. The van der Waals surface area contributed by atoms with Crippen molar-refractivity contribution in [3.8, 4) is 0 Å². The van der Waals surface area contributed by atoms with Crippen LogP contribution in [0.25, 0.3) is 0 Å². The number of hydrogen-bond acceptors (Lipinski definition) is 2. The van der Waals surface area contributed by atoms with Crippen molar-refractivity contribution in [3.63, 3.8) is 0 Å². The molecule has 82 valence electrons. The Morgan fingerprint density at radius 3 is 2.60 bits per heavy atom. The number of allylic oxidation sites excluding steroid dienone is 1. The van der Waals surface area contributed by atoms with E-state index in [1.807, 2.05) is 13.8 Å². The number of hydrogen-bond donors (Lipinski definition) is 0. The molecular formula is C11H13BrO2S. The largest absolute Gasteiger partial charge is 0.223 e. The normalized spacial score (nSPS) is 11.1. The molecule has 0 aliphatic heterocycles. The minimum atomic E-state index is -3.18. The number of sulfone groups is 1. The highest BCUT2D eigenvalue weighted by Gasteiger charge is 2.12. The van der Waals surface area contributed by atoms with Gasteiger partial charge in [-0.1, -0.05) is 33.6 Å². The average molecular weight is 289 g/mol. The van der Waals surface area contributed by atoms with Crippen LogP contribution in [-0.2, 0) is 9.84 Å². The highest BCUT2D eigenvalue weighted by molar-refractivity contribution is 9.10. The fraction of sp³-hybridized carbons (Fsp3) is 0.273. The van der Waals surface area contributed by atoms with Crippen LogP contribution in [0, 0.1) is 0 Å². The molecule has 0 unspecified atom stereocenters. The zero-order chi connectivity index (χ0) is 11.5. The summed E-state index contributed by atoms with van der Waals surface area (Å²) in [6.07, 6.45) is 1.72. The van der Waals surface area contributed by atoms with E-state index >= 15 is 0 Å². The Morgan fingerprint density at radius 1 is 1.40 bits per heavy atom. The van der Waals surface area contributed by atoms with Crippen molar-refractivity contribution in [2.24, 2.45) is 0 Å². The van der Waals surface area contributed by atoms with E-state index in [2.05, 4.69) is 15.9 Å². The van der Waals surface area contributed by atoms with Crippen LogP contribution in [0.1, 0.15) is 13.8 Å². The van der Waals surface area contributed by atoms with Gasteiger partial charge < -0.3 is 0 Å². The van der Waals surface area contributed by atoms with E-state index in [1.54, 1.807) is 30.3 Å². The fourth-order valence-electron chi connectivity index (χ4n) is 1.03. The Bertz CT molecular complexity index is 471. The zero-order valence-corrected chi connectivity index (χ0v) is 11.1. The molecule has 4 heteroatoms. The molecule has 0 aliphatic carbocycles. The molecule has 0 atom stereocenters. The lowest BCUT2D eigenvalue weighted by molar-refractivity contribution is 0.599. The van der Waals surface area contributed by atoms with Crippen molar-refractivity contribution in [1.82, 2.24) is 0 Å². The monoisotopic (exact) mass is 288 g/mol. The maximum atomic E-state index is 11.8. The van der Waals surface area contributed by atoms with Gasteiger partial charge in [-0.15, -0.1) is 0 Å². The molecule has 1 aromatic rings. The molecule has 15 heavy (non-hydrogen) atoms. The van der Waals surface area contributed by atoms with Gasteiger partial charge >= 0.3 is 0 Å². The van der Waals surface area contributed by atoms with Gasteiger partial charge in [0.05, 0.1) is 10.6 Å². The predicted molar refractivity (Wildman–Crippen MR) is 65.6 cm³/mol. The molecule has 0 amide bonds. The topological polar surface area (TPSA) is 34.1 Å². The quantitative estimate of drug-likeness (QED) is 0.801. The van der Waals surface area contributed by atoms with Crippen molar-refractivity contribution in [2.75, 3.05) is 5.75 Å². The smallest absolute Gasteiger partial charge is 0.181 e. The molecule has 1 aromatic carbocycles. The molecule has 2 nitrogen and oxygen atoms in total. The minimum Gasteiger partial charge on any atom is -0.223 e. The second kappa shape index (κ2) is 4.94.